The largest absolute Gasteiger partial charge is 0.401 e. The van der Waals surface area contributed by atoms with E-state index in [1.165, 1.54) is 29.5 Å². The van der Waals surface area contributed by atoms with E-state index in [9.17, 15) is 13.2 Å². The lowest BCUT2D eigenvalue weighted by molar-refractivity contribution is -0.143. The van der Waals surface area contributed by atoms with Crippen molar-refractivity contribution in [1.29, 1.82) is 0 Å². The van der Waals surface area contributed by atoms with E-state index in [-0.39, 0.29) is 0 Å². The molecule has 0 aliphatic heterocycles. The predicted octanol–water partition coefficient (Wildman–Crippen LogP) is 2.79. The number of nitrogens with zero attached hydrogens (tertiary/aromatic N) is 2. The second-order valence-electron chi connectivity index (χ2n) is 5.94. The molecule has 0 fully saturated rings. The highest BCUT2D eigenvalue weighted by atomic mass is 19.4. The van der Waals surface area contributed by atoms with Gasteiger partial charge in [0.15, 0.2) is 5.96 Å². The van der Waals surface area contributed by atoms with Crippen molar-refractivity contribution >= 4 is 11.6 Å². The lowest BCUT2D eigenvalue weighted by Crippen LogP contribution is -2.32. The second-order valence-corrected chi connectivity index (χ2v) is 5.94. The Morgan fingerprint density at radius 3 is 2.78 bits per heavy atom. The van der Waals surface area contributed by atoms with E-state index in [1.54, 1.807) is 0 Å². The van der Waals surface area contributed by atoms with Crippen molar-refractivity contribution in [3.63, 3.8) is 0 Å². The fourth-order valence-electron chi connectivity index (χ4n) is 2.76. The quantitative estimate of drug-likeness (QED) is 0.480. The predicted molar refractivity (Wildman–Crippen MR) is 86.7 cm³/mol. The Balaban J connectivity index is 1.73. The highest BCUT2D eigenvalue weighted by Crippen LogP contribution is 2.24. The molecule has 0 atom stereocenters. The van der Waals surface area contributed by atoms with Gasteiger partial charge >= 0.3 is 6.18 Å². The number of hydrogen-bond donors (Lipinski definition) is 2. The summed E-state index contributed by atoms with van der Waals surface area (Å²) in [5.74, 6) is 0.293. The Morgan fingerprint density at radius 1 is 1.30 bits per heavy atom. The summed E-state index contributed by atoms with van der Waals surface area (Å²) < 4.78 is 36.5. The number of hydrogen-bond acceptors (Lipinski definition) is 2. The molecule has 7 heteroatoms. The first-order chi connectivity index (χ1) is 10.8. The van der Waals surface area contributed by atoms with Gasteiger partial charge in [-0.05, 0) is 62.5 Å². The third-order valence-electron chi connectivity index (χ3n) is 3.80. The molecule has 0 saturated carbocycles. The number of nitrogens with one attached hydrogen (secondary N) is 1. The molecular weight excluding hydrogens is 305 g/mol. The standard InChI is InChI=1S/C16H23F3N4/c1-23(11-16(17,18)19)9-3-8-21-15(20)22-14-7-6-12-4-2-5-13(12)10-14/h6-7,10H,2-5,8-9,11H2,1H3,(H3,20,21,22). The summed E-state index contributed by atoms with van der Waals surface area (Å²) in [6.45, 7) is -0.180. The Morgan fingerprint density at radius 2 is 2.04 bits per heavy atom. The first-order valence-electron chi connectivity index (χ1n) is 7.77. The first-order valence-corrected chi connectivity index (χ1v) is 7.77. The smallest absolute Gasteiger partial charge is 0.370 e. The minimum Gasteiger partial charge on any atom is -0.370 e. The van der Waals surface area contributed by atoms with Gasteiger partial charge in [0.1, 0.15) is 0 Å². The van der Waals surface area contributed by atoms with Gasteiger partial charge in [-0.2, -0.15) is 13.2 Å². The van der Waals surface area contributed by atoms with Crippen LogP contribution in [-0.2, 0) is 12.8 Å². The number of guanidine groups is 1. The number of aliphatic imine (C=N–C) groups is 1. The molecule has 23 heavy (non-hydrogen) atoms. The van der Waals surface area contributed by atoms with Gasteiger partial charge in [-0.3, -0.25) is 9.89 Å². The van der Waals surface area contributed by atoms with Crippen LogP contribution in [0.4, 0.5) is 18.9 Å². The molecule has 3 N–H and O–H groups in total. The van der Waals surface area contributed by atoms with Crippen LogP contribution in [0.15, 0.2) is 23.2 Å². The summed E-state index contributed by atoms with van der Waals surface area (Å²) in [6, 6.07) is 6.16. The number of nitrogens with two attached hydrogens (primary N) is 1. The molecule has 0 spiro atoms. The van der Waals surface area contributed by atoms with Crippen LogP contribution in [0.25, 0.3) is 0 Å². The lowest BCUT2D eigenvalue weighted by Gasteiger charge is -2.17. The third-order valence-corrected chi connectivity index (χ3v) is 3.80. The highest BCUT2D eigenvalue weighted by Gasteiger charge is 2.28. The van der Waals surface area contributed by atoms with Crippen molar-refractivity contribution in [3.05, 3.63) is 29.3 Å². The van der Waals surface area contributed by atoms with Crippen LogP contribution >= 0.6 is 0 Å². The number of benzene rings is 1. The molecule has 1 aromatic carbocycles. The van der Waals surface area contributed by atoms with Crippen molar-refractivity contribution in [1.82, 2.24) is 4.90 Å². The topological polar surface area (TPSA) is 53.6 Å². The van der Waals surface area contributed by atoms with Crippen molar-refractivity contribution < 1.29 is 13.2 Å². The average Bonchev–Trinajstić information content (AvgIpc) is 2.89. The molecule has 0 unspecified atom stereocenters. The van der Waals surface area contributed by atoms with Crippen LogP contribution in [0, 0.1) is 0 Å². The third kappa shape index (κ3) is 6.09. The van der Waals surface area contributed by atoms with Gasteiger partial charge in [0, 0.05) is 12.2 Å². The average molecular weight is 328 g/mol. The zero-order valence-corrected chi connectivity index (χ0v) is 13.3. The van der Waals surface area contributed by atoms with Crippen LogP contribution in [0.2, 0.25) is 0 Å². The van der Waals surface area contributed by atoms with Crippen LogP contribution in [0.3, 0.4) is 0 Å². The number of alkyl halides is 3. The molecule has 1 aliphatic carbocycles. The molecule has 2 rings (SSSR count). The van der Waals surface area contributed by atoms with Gasteiger partial charge in [0.2, 0.25) is 0 Å². The monoisotopic (exact) mass is 328 g/mol. The molecule has 0 amide bonds. The summed E-state index contributed by atoms with van der Waals surface area (Å²) in [7, 11) is 1.45. The van der Waals surface area contributed by atoms with E-state index in [2.05, 4.69) is 22.4 Å². The van der Waals surface area contributed by atoms with Gasteiger partial charge in [0.05, 0.1) is 6.54 Å². The van der Waals surface area contributed by atoms with Crippen LogP contribution in [-0.4, -0.2) is 43.7 Å². The molecule has 1 aliphatic rings. The Kier molecular flexibility index (Phi) is 5.87. The number of rotatable bonds is 6. The molecule has 4 nitrogen and oxygen atoms in total. The van der Waals surface area contributed by atoms with Gasteiger partial charge in [-0.15, -0.1) is 0 Å². The molecular formula is C16H23F3N4. The van der Waals surface area contributed by atoms with Gasteiger partial charge in [-0.25, -0.2) is 0 Å². The van der Waals surface area contributed by atoms with E-state index >= 15 is 0 Å². The van der Waals surface area contributed by atoms with E-state index in [0.29, 0.717) is 25.5 Å². The van der Waals surface area contributed by atoms with Crippen molar-refractivity contribution in [3.8, 4) is 0 Å². The first kappa shape index (κ1) is 17.6. The van der Waals surface area contributed by atoms with Crippen LogP contribution in [0.5, 0.6) is 0 Å². The number of halogens is 3. The summed E-state index contributed by atoms with van der Waals surface area (Å²) in [4.78, 5) is 5.39. The summed E-state index contributed by atoms with van der Waals surface area (Å²) in [6.07, 6.45) is -0.225. The summed E-state index contributed by atoms with van der Waals surface area (Å²) in [5.41, 5.74) is 9.45. The maximum Gasteiger partial charge on any atom is 0.401 e. The fraction of sp³-hybridized carbons (Fsp3) is 0.562. The molecule has 0 bridgehead atoms. The number of fused-ring (bicyclic) bond motifs is 1. The molecule has 1 aromatic rings. The molecule has 128 valence electrons. The number of aryl methyl sites for hydroxylation is 2. The SMILES string of the molecule is CN(CCCN=C(N)Nc1ccc2c(c1)CCC2)CC(F)(F)F. The van der Waals surface area contributed by atoms with Crippen molar-refractivity contribution in [2.24, 2.45) is 10.7 Å². The fourth-order valence-corrected chi connectivity index (χ4v) is 2.76. The van der Waals surface area contributed by atoms with Gasteiger partial charge in [0.25, 0.3) is 0 Å². The lowest BCUT2D eigenvalue weighted by atomic mass is 10.1. The molecule has 0 radical (unpaired) electrons. The normalized spacial score (nSPS) is 15.1. The maximum atomic E-state index is 12.2. The summed E-state index contributed by atoms with van der Waals surface area (Å²) in [5, 5.41) is 3.03. The summed E-state index contributed by atoms with van der Waals surface area (Å²) >= 11 is 0. The Bertz CT molecular complexity index is 555. The zero-order valence-electron chi connectivity index (χ0n) is 13.3. The minimum absolute atomic E-state index is 0.293. The molecule has 0 aromatic heterocycles. The molecule has 0 saturated heterocycles. The zero-order chi connectivity index (χ0) is 16.9. The maximum absolute atomic E-state index is 12.2. The van der Waals surface area contributed by atoms with E-state index in [4.69, 9.17) is 5.73 Å². The Labute approximate surface area is 134 Å². The van der Waals surface area contributed by atoms with E-state index in [0.717, 1.165) is 18.5 Å². The van der Waals surface area contributed by atoms with Gasteiger partial charge < -0.3 is 11.1 Å². The second kappa shape index (κ2) is 7.68. The van der Waals surface area contributed by atoms with Crippen molar-refractivity contribution in [2.75, 3.05) is 32.0 Å². The minimum atomic E-state index is -4.16. The van der Waals surface area contributed by atoms with Crippen LogP contribution < -0.4 is 11.1 Å². The van der Waals surface area contributed by atoms with Gasteiger partial charge in [-0.1, -0.05) is 6.07 Å². The van der Waals surface area contributed by atoms with E-state index < -0.39 is 12.7 Å². The molecule has 0 heterocycles. The van der Waals surface area contributed by atoms with E-state index in [1.807, 2.05) is 6.07 Å². The highest BCUT2D eigenvalue weighted by molar-refractivity contribution is 5.92. The number of anilines is 1. The van der Waals surface area contributed by atoms with Crippen LogP contribution in [0.1, 0.15) is 24.0 Å². The van der Waals surface area contributed by atoms with Crippen molar-refractivity contribution in [2.45, 2.75) is 31.9 Å². The Hall–Kier alpha value is -1.76.